The van der Waals surface area contributed by atoms with Crippen molar-refractivity contribution >= 4 is 13.3 Å². The molecule has 85 valence electrons. The van der Waals surface area contributed by atoms with Crippen LogP contribution in [0.1, 0.15) is 17.0 Å². The maximum absolute atomic E-state index is 3.55. The second-order valence-electron chi connectivity index (χ2n) is 5.85. The fourth-order valence-corrected chi connectivity index (χ4v) is 3.65. The summed E-state index contributed by atoms with van der Waals surface area (Å²) in [6, 6.07) is 6.98. The molecule has 1 aromatic carbocycles. The zero-order chi connectivity index (χ0) is 12.0. The van der Waals surface area contributed by atoms with Crippen LogP contribution in [-0.4, -0.2) is 8.07 Å². The van der Waals surface area contributed by atoms with Crippen LogP contribution < -0.4 is 5.19 Å². The van der Waals surface area contributed by atoms with Crippen LogP contribution >= 0.6 is 0 Å². The Hall–Kier alpha value is -1.34. The fourth-order valence-electron chi connectivity index (χ4n) is 2.49. The maximum atomic E-state index is 3.55. The third kappa shape index (κ3) is 1.75. The number of fused-ring (bicyclic) bond motifs is 3. The minimum absolute atomic E-state index is 0.450. The maximum Gasteiger partial charge on any atom is 0.0776 e. The lowest BCUT2D eigenvalue weighted by Gasteiger charge is -2.18. The van der Waals surface area contributed by atoms with Crippen molar-refractivity contribution in [3.63, 3.8) is 0 Å². The van der Waals surface area contributed by atoms with Crippen molar-refractivity contribution in [2.45, 2.75) is 25.6 Å². The molecule has 0 spiro atoms. The van der Waals surface area contributed by atoms with Crippen LogP contribution in [0.15, 0.2) is 48.1 Å². The third-order valence-corrected chi connectivity index (χ3v) is 5.60. The van der Waals surface area contributed by atoms with Crippen molar-refractivity contribution in [1.29, 1.82) is 0 Å². The molecule has 0 fully saturated rings. The van der Waals surface area contributed by atoms with E-state index in [0.717, 1.165) is 0 Å². The van der Waals surface area contributed by atoms with E-state index < -0.39 is 8.07 Å². The molecule has 1 radical (unpaired) electrons. The molecule has 0 nitrogen and oxygen atoms in total. The van der Waals surface area contributed by atoms with E-state index in [1.54, 1.807) is 0 Å². The quantitative estimate of drug-likeness (QED) is 0.655. The van der Waals surface area contributed by atoms with Crippen LogP contribution in [-0.2, 0) is 0 Å². The van der Waals surface area contributed by atoms with Crippen LogP contribution in [0, 0.1) is 6.08 Å². The van der Waals surface area contributed by atoms with Crippen LogP contribution in [0.3, 0.4) is 0 Å². The standard InChI is InChI=1S/C16H17Si/c1-17(2,3)14-8-9-16-13(11-14)10-12-6-4-5-7-15(12)16/h4-9,11,15H,1-3H3. The molecule has 0 N–H and O–H groups in total. The van der Waals surface area contributed by atoms with Gasteiger partial charge in [0.05, 0.1) is 8.07 Å². The molecule has 2 aliphatic carbocycles. The molecule has 1 aromatic rings. The first-order chi connectivity index (χ1) is 8.05. The van der Waals surface area contributed by atoms with Gasteiger partial charge < -0.3 is 0 Å². The number of hydrogen-bond donors (Lipinski definition) is 0. The highest BCUT2D eigenvalue weighted by molar-refractivity contribution is 6.88. The van der Waals surface area contributed by atoms with Gasteiger partial charge >= 0.3 is 0 Å². The molecular weight excluding hydrogens is 220 g/mol. The van der Waals surface area contributed by atoms with Crippen molar-refractivity contribution in [3.05, 3.63) is 65.3 Å². The Morgan fingerprint density at radius 2 is 1.94 bits per heavy atom. The van der Waals surface area contributed by atoms with Crippen LogP contribution in [0.5, 0.6) is 0 Å². The van der Waals surface area contributed by atoms with Crippen LogP contribution in [0.4, 0.5) is 0 Å². The monoisotopic (exact) mass is 237 g/mol. The molecule has 0 amide bonds. The van der Waals surface area contributed by atoms with Crippen molar-refractivity contribution < 1.29 is 0 Å². The molecule has 0 saturated heterocycles. The Kier molecular flexibility index (Phi) is 2.27. The van der Waals surface area contributed by atoms with Crippen molar-refractivity contribution in [1.82, 2.24) is 0 Å². The molecule has 17 heavy (non-hydrogen) atoms. The average molecular weight is 237 g/mol. The van der Waals surface area contributed by atoms with E-state index in [1.165, 1.54) is 21.9 Å². The average Bonchev–Trinajstić information content (AvgIpc) is 2.65. The Balaban J connectivity index is 2.10. The van der Waals surface area contributed by atoms with E-state index in [0.29, 0.717) is 5.92 Å². The summed E-state index contributed by atoms with van der Waals surface area (Å²) < 4.78 is 0. The Morgan fingerprint density at radius 3 is 2.71 bits per heavy atom. The highest BCUT2D eigenvalue weighted by Crippen LogP contribution is 2.37. The molecule has 1 heteroatoms. The normalized spacial score (nSPS) is 21.1. The van der Waals surface area contributed by atoms with Crippen LogP contribution in [0.25, 0.3) is 0 Å². The minimum Gasteiger partial charge on any atom is -0.0726 e. The van der Waals surface area contributed by atoms with Gasteiger partial charge in [0.25, 0.3) is 0 Å². The first-order valence-corrected chi connectivity index (χ1v) is 9.69. The SMILES string of the molecule is C[Si](C)(C)c1ccc2c(c1)[C]=C1C=CC=CC12. The van der Waals surface area contributed by atoms with Gasteiger partial charge in [0.1, 0.15) is 0 Å². The Labute approximate surface area is 104 Å². The van der Waals surface area contributed by atoms with Gasteiger partial charge in [0, 0.05) is 5.92 Å². The van der Waals surface area contributed by atoms with E-state index in [4.69, 9.17) is 0 Å². The summed E-state index contributed by atoms with van der Waals surface area (Å²) in [6.07, 6.45) is 12.2. The van der Waals surface area contributed by atoms with Crippen LogP contribution in [0.2, 0.25) is 19.6 Å². The topological polar surface area (TPSA) is 0 Å². The summed E-state index contributed by atoms with van der Waals surface area (Å²) in [6.45, 7) is 7.18. The molecule has 2 aliphatic rings. The zero-order valence-electron chi connectivity index (χ0n) is 10.6. The summed E-state index contributed by atoms with van der Waals surface area (Å²) in [5, 5.41) is 1.52. The van der Waals surface area contributed by atoms with Crippen molar-refractivity contribution in [2.75, 3.05) is 0 Å². The first-order valence-electron chi connectivity index (χ1n) is 6.19. The lowest BCUT2D eigenvalue weighted by atomic mass is 9.92. The van der Waals surface area contributed by atoms with E-state index in [-0.39, 0.29) is 0 Å². The van der Waals surface area contributed by atoms with E-state index in [9.17, 15) is 0 Å². The molecule has 0 heterocycles. The van der Waals surface area contributed by atoms with Gasteiger partial charge in [-0.1, -0.05) is 67.3 Å². The van der Waals surface area contributed by atoms with Gasteiger partial charge in [0.15, 0.2) is 0 Å². The van der Waals surface area contributed by atoms with Gasteiger partial charge in [-0.25, -0.2) is 0 Å². The van der Waals surface area contributed by atoms with Crippen molar-refractivity contribution in [3.8, 4) is 0 Å². The lowest BCUT2D eigenvalue weighted by Crippen LogP contribution is -2.37. The summed E-state index contributed by atoms with van der Waals surface area (Å²) >= 11 is 0. The number of rotatable bonds is 1. The summed E-state index contributed by atoms with van der Waals surface area (Å²) in [7, 11) is -1.21. The largest absolute Gasteiger partial charge is 0.0776 e. The first kappa shape index (κ1) is 10.8. The number of hydrogen-bond acceptors (Lipinski definition) is 0. The predicted molar refractivity (Wildman–Crippen MR) is 76.3 cm³/mol. The molecule has 0 bridgehead atoms. The van der Waals surface area contributed by atoms with Gasteiger partial charge in [-0.3, -0.25) is 0 Å². The highest BCUT2D eigenvalue weighted by atomic mass is 28.3. The second kappa shape index (κ2) is 3.57. The zero-order valence-corrected chi connectivity index (χ0v) is 11.6. The molecular formula is C16H17Si. The third-order valence-electron chi connectivity index (χ3n) is 3.56. The molecule has 3 rings (SSSR count). The molecule has 1 atom stereocenters. The van der Waals surface area contributed by atoms with E-state index in [1.807, 2.05) is 0 Å². The smallest absolute Gasteiger partial charge is 0.0726 e. The number of benzene rings is 1. The molecule has 0 aliphatic heterocycles. The Bertz CT molecular complexity index is 553. The molecule has 0 aromatic heterocycles. The molecule has 0 saturated carbocycles. The highest BCUT2D eigenvalue weighted by Gasteiger charge is 2.25. The summed E-state index contributed by atoms with van der Waals surface area (Å²) in [4.78, 5) is 0. The van der Waals surface area contributed by atoms with E-state index in [2.05, 4.69) is 68.2 Å². The number of allylic oxidation sites excluding steroid dienone is 5. The van der Waals surface area contributed by atoms with Gasteiger partial charge in [-0.2, -0.15) is 0 Å². The van der Waals surface area contributed by atoms with Gasteiger partial charge in [-0.15, -0.1) is 0 Å². The van der Waals surface area contributed by atoms with E-state index >= 15 is 0 Å². The summed E-state index contributed by atoms with van der Waals surface area (Å²) in [5.41, 5.74) is 4.04. The van der Waals surface area contributed by atoms with Gasteiger partial charge in [0.2, 0.25) is 0 Å². The van der Waals surface area contributed by atoms with Gasteiger partial charge in [-0.05, 0) is 22.8 Å². The summed E-state index contributed by atoms with van der Waals surface area (Å²) in [5.74, 6) is 0.450. The van der Waals surface area contributed by atoms with Crippen molar-refractivity contribution in [2.24, 2.45) is 0 Å². The lowest BCUT2D eigenvalue weighted by molar-refractivity contribution is 1.05. The fraction of sp³-hybridized carbons (Fsp3) is 0.250. The predicted octanol–water partition coefficient (Wildman–Crippen LogP) is 3.53. The second-order valence-corrected chi connectivity index (χ2v) is 10.9. The Morgan fingerprint density at radius 1 is 1.12 bits per heavy atom. The minimum atomic E-state index is -1.21. The molecule has 1 unspecified atom stereocenters.